The van der Waals surface area contributed by atoms with Gasteiger partial charge in [-0.1, -0.05) is 18.2 Å². The Morgan fingerprint density at radius 2 is 1.80 bits per heavy atom. The van der Waals surface area contributed by atoms with Crippen LogP contribution in [0.2, 0.25) is 0 Å². The zero-order valence-electron chi connectivity index (χ0n) is 8.94. The van der Waals surface area contributed by atoms with Crippen LogP contribution in [0.15, 0.2) is 35.3 Å². The number of hydrogen-bond donors (Lipinski definition) is 3. The van der Waals surface area contributed by atoms with E-state index in [1.54, 1.807) is 18.7 Å². The van der Waals surface area contributed by atoms with Crippen LogP contribution >= 0.6 is 0 Å². The maximum atomic E-state index is 5.66. The van der Waals surface area contributed by atoms with Crippen LogP contribution in [0, 0.1) is 0 Å². The molecule has 0 aliphatic carbocycles. The molecule has 0 radical (unpaired) electrons. The summed E-state index contributed by atoms with van der Waals surface area (Å²) in [6.45, 7) is 0. The second kappa shape index (κ2) is 4.99. The quantitative estimate of drug-likeness (QED) is 0.344. The normalized spacial score (nSPS) is 10.9. The number of anilines is 1. The van der Waals surface area contributed by atoms with Gasteiger partial charge in [0.05, 0.1) is 14.1 Å². The molecule has 0 aliphatic rings. The number of aliphatic imine (C=N–C) groups is 1. The van der Waals surface area contributed by atoms with E-state index < -0.39 is 0 Å². The molecule has 0 aromatic heterocycles. The SMILES string of the molecule is C[N+](C)=C(N)/N=C(\N)Nc1ccccc1. The lowest BCUT2D eigenvalue weighted by atomic mass is 10.3. The Morgan fingerprint density at radius 3 is 2.33 bits per heavy atom. The Hall–Kier alpha value is -2.04. The summed E-state index contributed by atoms with van der Waals surface area (Å²) in [5.74, 6) is 0.628. The first-order chi connectivity index (χ1) is 7.09. The summed E-state index contributed by atoms with van der Waals surface area (Å²) < 4.78 is 1.68. The molecule has 1 aromatic carbocycles. The fourth-order valence-electron chi connectivity index (χ4n) is 0.921. The van der Waals surface area contributed by atoms with Gasteiger partial charge in [-0.05, 0) is 17.1 Å². The van der Waals surface area contributed by atoms with Gasteiger partial charge in [-0.15, -0.1) is 0 Å². The summed E-state index contributed by atoms with van der Waals surface area (Å²) in [6.07, 6.45) is 0. The summed E-state index contributed by atoms with van der Waals surface area (Å²) in [4.78, 5) is 3.98. The number of nitrogens with two attached hydrogens (primary N) is 2. The summed E-state index contributed by atoms with van der Waals surface area (Å²) in [5, 5.41) is 2.93. The van der Waals surface area contributed by atoms with E-state index in [1.165, 1.54) is 0 Å². The maximum Gasteiger partial charge on any atom is 0.387 e. The van der Waals surface area contributed by atoms with E-state index in [-0.39, 0.29) is 5.96 Å². The van der Waals surface area contributed by atoms with Gasteiger partial charge in [-0.3, -0.25) is 10.3 Å². The molecule has 0 fully saturated rings. The molecule has 1 rings (SSSR count). The largest absolute Gasteiger partial charge is 0.387 e. The summed E-state index contributed by atoms with van der Waals surface area (Å²) in [5.41, 5.74) is 12.1. The first-order valence-electron chi connectivity index (χ1n) is 4.55. The van der Waals surface area contributed by atoms with E-state index in [2.05, 4.69) is 10.3 Å². The van der Waals surface area contributed by atoms with Gasteiger partial charge in [0.25, 0.3) is 5.96 Å². The molecule has 0 atom stereocenters. The minimum atomic E-state index is 0.271. The number of guanidine groups is 2. The molecule has 5 nitrogen and oxygen atoms in total. The van der Waals surface area contributed by atoms with E-state index in [0.29, 0.717) is 5.96 Å². The molecule has 5 heteroatoms. The summed E-state index contributed by atoms with van der Waals surface area (Å²) in [7, 11) is 3.60. The minimum absolute atomic E-state index is 0.271. The molecule has 0 spiro atoms. The maximum absolute atomic E-state index is 5.66. The monoisotopic (exact) mass is 206 g/mol. The zero-order chi connectivity index (χ0) is 11.3. The predicted octanol–water partition coefficient (Wildman–Crippen LogP) is 0.000000000000000888. The predicted molar refractivity (Wildman–Crippen MR) is 63.0 cm³/mol. The number of nitrogens with zero attached hydrogens (tertiary/aromatic N) is 2. The van der Waals surface area contributed by atoms with Crippen molar-refractivity contribution >= 4 is 17.6 Å². The number of hydrogen-bond acceptors (Lipinski definition) is 0. The fraction of sp³-hybridized carbons (Fsp3) is 0.200. The van der Waals surface area contributed by atoms with Crippen molar-refractivity contribution < 1.29 is 4.58 Å². The molecule has 0 heterocycles. The molecule has 0 amide bonds. The number of benzene rings is 1. The third kappa shape index (κ3) is 3.68. The Labute approximate surface area is 89.1 Å². The van der Waals surface area contributed by atoms with Gasteiger partial charge in [0.2, 0.25) is 0 Å². The summed E-state index contributed by atoms with van der Waals surface area (Å²) >= 11 is 0. The minimum Gasteiger partial charge on any atom is -0.355 e. The van der Waals surface area contributed by atoms with Crippen molar-refractivity contribution in [1.29, 1.82) is 0 Å². The lowest BCUT2D eigenvalue weighted by Crippen LogP contribution is -2.29. The molecule has 1 aromatic rings. The Morgan fingerprint density at radius 1 is 1.20 bits per heavy atom. The Kier molecular flexibility index (Phi) is 3.68. The van der Waals surface area contributed by atoms with Gasteiger partial charge in [0.1, 0.15) is 0 Å². The van der Waals surface area contributed by atoms with Crippen LogP contribution < -0.4 is 16.8 Å². The van der Waals surface area contributed by atoms with E-state index in [0.717, 1.165) is 5.69 Å². The third-order valence-corrected chi connectivity index (χ3v) is 1.74. The average molecular weight is 206 g/mol. The molecule has 0 unspecified atom stereocenters. The molecule has 0 saturated heterocycles. The first-order valence-corrected chi connectivity index (χ1v) is 4.55. The number of nitrogens with one attached hydrogen (secondary N) is 1. The molecular formula is C10H16N5+. The Balaban J connectivity index is 2.72. The number of rotatable bonds is 1. The molecule has 0 saturated carbocycles. The standard InChI is InChI=1S/C10H15N5/c1-15(2)10(12)14-9(11)13-8-6-4-3-5-7-8/h3-7H,1-2H3,(H4,11,12,13,14)/p+1. The highest BCUT2D eigenvalue weighted by atomic mass is 15.2. The second-order valence-corrected chi connectivity index (χ2v) is 3.24. The topological polar surface area (TPSA) is 79.4 Å². The lowest BCUT2D eigenvalue weighted by molar-refractivity contribution is -0.466. The first kappa shape index (κ1) is 11.0. The van der Waals surface area contributed by atoms with Crippen LogP contribution in [-0.2, 0) is 0 Å². The van der Waals surface area contributed by atoms with Crippen LogP contribution in [-0.4, -0.2) is 30.6 Å². The van der Waals surface area contributed by atoms with Crippen LogP contribution in [0.4, 0.5) is 5.69 Å². The highest BCUT2D eigenvalue weighted by Gasteiger charge is 2.02. The van der Waals surface area contributed by atoms with Crippen molar-refractivity contribution in [2.75, 3.05) is 19.4 Å². The molecule has 0 aliphatic heterocycles. The fourth-order valence-corrected chi connectivity index (χ4v) is 0.921. The lowest BCUT2D eigenvalue weighted by Gasteiger charge is -2.01. The van der Waals surface area contributed by atoms with Crippen molar-refractivity contribution in [1.82, 2.24) is 0 Å². The highest BCUT2D eigenvalue weighted by molar-refractivity contribution is 5.99. The van der Waals surface area contributed by atoms with Crippen molar-refractivity contribution in [2.45, 2.75) is 0 Å². The number of para-hydroxylation sites is 1. The third-order valence-electron chi connectivity index (χ3n) is 1.74. The van der Waals surface area contributed by atoms with Crippen LogP contribution in [0.5, 0.6) is 0 Å². The molecule has 5 N–H and O–H groups in total. The van der Waals surface area contributed by atoms with Crippen LogP contribution in [0.3, 0.4) is 0 Å². The van der Waals surface area contributed by atoms with Gasteiger partial charge in [0.15, 0.2) is 0 Å². The van der Waals surface area contributed by atoms with Crippen LogP contribution in [0.1, 0.15) is 0 Å². The van der Waals surface area contributed by atoms with Gasteiger partial charge < -0.3 is 11.1 Å². The van der Waals surface area contributed by atoms with Gasteiger partial charge in [0, 0.05) is 5.69 Å². The van der Waals surface area contributed by atoms with Gasteiger partial charge in [-0.25, -0.2) is 0 Å². The Bertz CT molecular complexity index is 376. The van der Waals surface area contributed by atoms with Crippen molar-refractivity contribution in [3.05, 3.63) is 30.3 Å². The molecule has 15 heavy (non-hydrogen) atoms. The van der Waals surface area contributed by atoms with Crippen molar-refractivity contribution in [2.24, 2.45) is 16.5 Å². The average Bonchev–Trinajstić information content (AvgIpc) is 2.18. The van der Waals surface area contributed by atoms with E-state index in [1.807, 2.05) is 30.3 Å². The highest BCUT2D eigenvalue weighted by Crippen LogP contribution is 2.03. The zero-order valence-corrected chi connectivity index (χ0v) is 8.94. The molecule has 80 valence electrons. The summed E-state index contributed by atoms with van der Waals surface area (Å²) in [6, 6.07) is 9.55. The molecule has 0 bridgehead atoms. The van der Waals surface area contributed by atoms with Crippen molar-refractivity contribution in [3.8, 4) is 0 Å². The van der Waals surface area contributed by atoms with Gasteiger partial charge >= 0.3 is 5.96 Å². The van der Waals surface area contributed by atoms with Gasteiger partial charge in [-0.2, -0.15) is 0 Å². The van der Waals surface area contributed by atoms with Crippen molar-refractivity contribution in [3.63, 3.8) is 0 Å². The molecular weight excluding hydrogens is 190 g/mol. The smallest absolute Gasteiger partial charge is 0.355 e. The second-order valence-electron chi connectivity index (χ2n) is 3.24. The van der Waals surface area contributed by atoms with E-state index >= 15 is 0 Å². The van der Waals surface area contributed by atoms with E-state index in [9.17, 15) is 0 Å². The van der Waals surface area contributed by atoms with E-state index in [4.69, 9.17) is 11.5 Å². The van der Waals surface area contributed by atoms with Crippen LogP contribution in [0.25, 0.3) is 0 Å².